The van der Waals surface area contributed by atoms with Crippen LogP contribution in [-0.2, 0) is 4.79 Å². The van der Waals surface area contributed by atoms with Gasteiger partial charge in [0.05, 0.1) is 12.2 Å². The van der Waals surface area contributed by atoms with Gasteiger partial charge in [0.1, 0.15) is 0 Å². The zero-order valence-electron chi connectivity index (χ0n) is 12.9. The molecule has 0 aromatic rings. The minimum absolute atomic E-state index is 0.0634. The van der Waals surface area contributed by atoms with Crippen LogP contribution in [-0.4, -0.2) is 65.6 Å². The molecule has 2 unspecified atom stereocenters. The van der Waals surface area contributed by atoms with E-state index in [0.29, 0.717) is 5.91 Å². The SMILES string of the molecule is CCCC1NC(CCC)N(CCN2CCSCC2)C1=O. The predicted octanol–water partition coefficient (Wildman–Crippen LogP) is 1.76. The molecule has 0 aromatic heterocycles. The van der Waals surface area contributed by atoms with E-state index in [1.165, 1.54) is 24.6 Å². The fraction of sp³-hybridized carbons (Fsp3) is 0.933. The fourth-order valence-corrected chi connectivity index (χ4v) is 4.07. The number of hydrogen-bond acceptors (Lipinski definition) is 4. The van der Waals surface area contributed by atoms with E-state index in [1.807, 2.05) is 11.8 Å². The Balaban J connectivity index is 1.86. The number of thioether (sulfide) groups is 1. The van der Waals surface area contributed by atoms with Crippen molar-refractivity contribution in [2.45, 2.75) is 51.7 Å². The topological polar surface area (TPSA) is 35.6 Å². The highest BCUT2D eigenvalue weighted by atomic mass is 32.2. The summed E-state index contributed by atoms with van der Waals surface area (Å²) >= 11 is 2.04. The van der Waals surface area contributed by atoms with Gasteiger partial charge in [-0.05, 0) is 12.8 Å². The third kappa shape index (κ3) is 4.12. The van der Waals surface area contributed by atoms with Crippen LogP contribution < -0.4 is 5.32 Å². The van der Waals surface area contributed by atoms with Crippen LogP contribution in [0.4, 0.5) is 0 Å². The molecule has 2 heterocycles. The van der Waals surface area contributed by atoms with E-state index in [-0.39, 0.29) is 12.2 Å². The van der Waals surface area contributed by atoms with Crippen LogP contribution in [0.5, 0.6) is 0 Å². The molecule has 0 radical (unpaired) electrons. The van der Waals surface area contributed by atoms with Gasteiger partial charge in [0.25, 0.3) is 0 Å². The zero-order chi connectivity index (χ0) is 14.4. The molecule has 2 atom stereocenters. The molecule has 1 N–H and O–H groups in total. The Morgan fingerprint density at radius 2 is 1.85 bits per heavy atom. The van der Waals surface area contributed by atoms with E-state index in [2.05, 4.69) is 29.0 Å². The van der Waals surface area contributed by atoms with Crippen LogP contribution in [0.3, 0.4) is 0 Å². The lowest BCUT2D eigenvalue weighted by atomic mass is 10.2. The van der Waals surface area contributed by atoms with E-state index in [4.69, 9.17) is 0 Å². The highest BCUT2D eigenvalue weighted by Gasteiger charge is 2.37. The Morgan fingerprint density at radius 1 is 1.15 bits per heavy atom. The van der Waals surface area contributed by atoms with E-state index in [1.54, 1.807) is 0 Å². The minimum atomic E-state index is 0.0634. The van der Waals surface area contributed by atoms with Crippen LogP contribution in [0.1, 0.15) is 39.5 Å². The molecule has 4 nitrogen and oxygen atoms in total. The highest BCUT2D eigenvalue weighted by molar-refractivity contribution is 7.99. The van der Waals surface area contributed by atoms with Crippen molar-refractivity contribution in [3.05, 3.63) is 0 Å². The van der Waals surface area contributed by atoms with Crippen molar-refractivity contribution in [3.63, 3.8) is 0 Å². The van der Waals surface area contributed by atoms with Gasteiger partial charge in [-0.1, -0.05) is 26.7 Å². The van der Waals surface area contributed by atoms with Crippen molar-refractivity contribution < 1.29 is 4.79 Å². The van der Waals surface area contributed by atoms with Gasteiger partial charge in [0.15, 0.2) is 0 Å². The molecule has 2 aliphatic rings. The summed E-state index contributed by atoms with van der Waals surface area (Å²) in [6.07, 6.45) is 4.50. The number of nitrogens with one attached hydrogen (secondary N) is 1. The number of amides is 1. The second-order valence-corrected chi connectivity index (χ2v) is 7.02. The molecule has 1 amide bonds. The maximum Gasteiger partial charge on any atom is 0.241 e. The fourth-order valence-electron chi connectivity index (χ4n) is 3.10. The first-order valence-corrected chi connectivity index (χ1v) is 9.28. The smallest absolute Gasteiger partial charge is 0.241 e. The predicted molar refractivity (Wildman–Crippen MR) is 86.0 cm³/mol. The average Bonchev–Trinajstić information content (AvgIpc) is 2.75. The van der Waals surface area contributed by atoms with E-state index >= 15 is 0 Å². The first-order valence-electron chi connectivity index (χ1n) is 8.12. The van der Waals surface area contributed by atoms with Gasteiger partial charge in [0, 0.05) is 37.7 Å². The molecule has 0 bridgehead atoms. The first-order chi connectivity index (χ1) is 9.76. The normalized spacial score (nSPS) is 28.3. The Bertz CT molecular complexity index is 307. The Hall–Kier alpha value is -0.260. The Labute approximate surface area is 127 Å². The molecule has 0 aliphatic carbocycles. The number of carbonyl (C=O) groups is 1. The molecule has 116 valence electrons. The molecule has 0 saturated carbocycles. The van der Waals surface area contributed by atoms with Crippen molar-refractivity contribution >= 4 is 17.7 Å². The Kier molecular flexibility index (Phi) is 6.65. The lowest BCUT2D eigenvalue weighted by molar-refractivity contribution is -0.130. The minimum Gasteiger partial charge on any atom is -0.325 e. The maximum absolute atomic E-state index is 12.5. The highest BCUT2D eigenvalue weighted by Crippen LogP contribution is 2.18. The van der Waals surface area contributed by atoms with Crippen molar-refractivity contribution in [3.8, 4) is 0 Å². The van der Waals surface area contributed by atoms with Gasteiger partial charge in [0.2, 0.25) is 5.91 Å². The molecule has 0 aromatic carbocycles. The monoisotopic (exact) mass is 299 g/mol. The number of rotatable bonds is 7. The van der Waals surface area contributed by atoms with Crippen LogP contribution >= 0.6 is 11.8 Å². The van der Waals surface area contributed by atoms with E-state index in [9.17, 15) is 4.79 Å². The van der Waals surface area contributed by atoms with Crippen LogP contribution in [0.25, 0.3) is 0 Å². The lowest BCUT2D eigenvalue weighted by Crippen LogP contribution is -2.44. The molecule has 2 rings (SSSR count). The van der Waals surface area contributed by atoms with Crippen molar-refractivity contribution in [2.24, 2.45) is 0 Å². The first kappa shape index (κ1) is 16.1. The summed E-state index contributed by atoms with van der Waals surface area (Å²) < 4.78 is 0. The molecule has 2 saturated heterocycles. The summed E-state index contributed by atoms with van der Waals surface area (Å²) in [5.41, 5.74) is 0. The summed E-state index contributed by atoms with van der Waals surface area (Å²) in [7, 11) is 0. The molecule has 20 heavy (non-hydrogen) atoms. The number of carbonyl (C=O) groups excluding carboxylic acids is 1. The largest absolute Gasteiger partial charge is 0.325 e. The quantitative estimate of drug-likeness (QED) is 0.777. The van der Waals surface area contributed by atoms with Crippen molar-refractivity contribution in [1.29, 1.82) is 0 Å². The average molecular weight is 299 g/mol. The molecule has 0 spiro atoms. The number of hydrogen-bond donors (Lipinski definition) is 1. The number of nitrogens with zero attached hydrogens (tertiary/aromatic N) is 2. The summed E-state index contributed by atoms with van der Waals surface area (Å²) in [5.74, 6) is 2.81. The van der Waals surface area contributed by atoms with Gasteiger partial charge >= 0.3 is 0 Å². The van der Waals surface area contributed by atoms with E-state index < -0.39 is 0 Å². The van der Waals surface area contributed by atoms with Crippen molar-refractivity contribution in [1.82, 2.24) is 15.1 Å². The van der Waals surface area contributed by atoms with Gasteiger partial charge in [-0.15, -0.1) is 0 Å². The van der Waals surface area contributed by atoms with Crippen LogP contribution in [0.15, 0.2) is 0 Å². The van der Waals surface area contributed by atoms with Gasteiger partial charge in [-0.2, -0.15) is 11.8 Å². The second kappa shape index (κ2) is 8.25. The molecule has 2 aliphatic heterocycles. The lowest BCUT2D eigenvalue weighted by Gasteiger charge is -2.30. The van der Waals surface area contributed by atoms with Crippen LogP contribution in [0.2, 0.25) is 0 Å². The second-order valence-electron chi connectivity index (χ2n) is 5.80. The van der Waals surface area contributed by atoms with Crippen LogP contribution in [0, 0.1) is 0 Å². The summed E-state index contributed by atoms with van der Waals surface area (Å²) in [5, 5.41) is 3.53. The summed E-state index contributed by atoms with van der Waals surface area (Å²) in [6, 6.07) is 0.0634. The van der Waals surface area contributed by atoms with Gasteiger partial charge < -0.3 is 4.90 Å². The molecule has 2 fully saturated rings. The molecule has 5 heteroatoms. The third-order valence-electron chi connectivity index (χ3n) is 4.25. The maximum atomic E-state index is 12.5. The standard InChI is InChI=1S/C15H29N3OS/c1-3-5-13-15(19)18(14(16-13)6-4-2)8-7-17-9-11-20-12-10-17/h13-14,16H,3-12H2,1-2H3. The van der Waals surface area contributed by atoms with E-state index in [0.717, 1.165) is 38.8 Å². The summed E-state index contributed by atoms with van der Waals surface area (Å²) in [4.78, 5) is 17.1. The molecular weight excluding hydrogens is 270 g/mol. The van der Waals surface area contributed by atoms with Gasteiger partial charge in [-0.3, -0.25) is 15.0 Å². The van der Waals surface area contributed by atoms with Crippen molar-refractivity contribution in [2.75, 3.05) is 37.7 Å². The Morgan fingerprint density at radius 3 is 2.50 bits per heavy atom. The summed E-state index contributed by atoms with van der Waals surface area (Å²) in [6.45, 7) is 8.62. The zero-order valence-corrected chi connectivity index (χ0v) is 13.8. The third-order valence-corrected chi connectivity index (χ3v) is 5.19. The van der Waals surface area contributed by atoms with Gasteiger partial charge in [-0.25, -0.2) is 0 Å². The molecular formula is C15H29N3OS.